The van der Waals surface area contributed by atoms with Gasteiger partial charge in [-0.2, -0.15) is 0 Å². The third-order valence-electron chi connectivity index (χ3n) is 2.91. The monoisotopic (exact) mass is 328 g/mol. The molecule has 0 aliphatic carbocycles. The Bertz CT molecular complexity index is 643. The van der Waals surface area contributed by atoms with E-state index in [-0.39, 0.29) is 23.2 Å². The maximum absolute atomic E-state index is 12.1. The third kappa shape index (κ3) is 5.98. The van der Waals surface area contributed by atoms with Gasteiger partial charge in [0, 0.05) is 34.4 Å². The fourth-order valence-electron chi connectivity index (χ4n) is 1.52. The van der Waals surface area contributed by atoms with Crippen LogP contribution in [0.1, 0.15) is 18.9 Å². The molecule has 2 atom stereocenters. The lowest BCUT2D eigenvalue weighted by Gasteiger charge is -2.10. The average molecular weight is 328 g/mol. The van der Waals surface area contributed by atoms with Gasteiger partial charge in [0.2, 0.25) is 10.0 Å². The van der Waals surface area contributed by atoms with E-state index >= 15 is 0 Å². The number of hydrogen-bond acceptors (Lipinski definition) is 4. The molecule has 1 aromatic rings. The minimum absolute atomic E-state index is 0.0402. The summed E-state index contributed by atoms with van der Waals surface area (Å²) in [6.45, 7) is 2.35. The molecule has 1 aromatic carbocycles. The first-order valence-electron chi connectivity index (χ1n) is 6.47. The molecule has 0 saturated carbocycles. The van der Waals surface area contributed by atoms with Gasteiger partial charge in [0.15, 0.2) is 0 Å². The summed E-state index contributed by atoms with van der Waals surface area (Å²) >= 11 is 0. The molecule has 0 radical (unpaired) electrons. The molecule has 0 aliphatic rings. The van der Waals surface area contributed by atoms with Crippen LogP contribution in [0, 0.1) is 11.8 Å². The molecule has 116 valence electrons. The van der Waals surface area contributed by atoms with Gasteiger partial charge < -0.3 is 5.73 Å². The van der Waals surface area contributed by atoms with E-state index in [4.69, 9.17) is 5.73 Å². The number of benzene rings is 1. The van der Waals surface area contributed by atoms with Gasteiger partial charge in [-0.3, -0.25) is 4.21 Å². The van der Waals surface area contributed by atoms with Crippen molar-refractivity contribution in [3.63, 3.8) is 0 Å². The molecule has 0 heterocycles. The standard InChI is InChI=1S/C14H20N2O3S2/c1-12(20(2)17)9-11-16-21(18,19)14-7-5-13(6-8-14)4-3-10-15/h5-8,12,16H,9-11,15H2,1-2H3. The first kappa shape index (κ1) is 17.9. The van der Waals surface area contributed by atoms with Crippen LogP contribution in [-0.2, 0) is 20.8 Å². The highest BCUT2D eigenvalue weighted by Crippen LogP contribution is 2.10. The van der Waals surface area contributed by atoms with Gasteiger partial charge in [-0.25, -0.2) is 13.1 Å². The quantitative estimate of drug-likeness (QED) is 0.741. The van der Waals surface area contributed by atoms with Crippen LogP contribution in [0.5, 0.6) is 0 Å². The van der Waals surface area contributed by atoms with Crippen LogP contribution in [0.2, 0.25) is 0 Å². The molecule has 0 spiro atoms. The largest absolute Gasteiger partial charge is 0.320 e. The third-order valence-corrected chi connectivity index (χ3v) is 5.75. The van der Waals surface area contributed by atoms with Crippen molar-refractivity contribution < 1.29 is 12.6 Å². The lowest BCUT2D eigenvalue weighted by Crippen LogP contribution is -2.27. The Balaban J connectivity index is 2.68. The summed E-state index contributed by atoms with van der Waals surface area (Å²) in [6.07, 6.45) is 2.14. The van der Waals surface area contributed by atoms with E-state index in [9.17, 15) is 12.6 Å². The van der Waals surface area contributed by atoms with Gasteiger partial charge in [-0.05, 0) is 30.7 Å². The van der Waals surface area contributed by atoms with Crippen molar-refractivity contribution in [3.8, 4) is 11.8 Å². The van der Waals surface area contributed by atoms with Gasteiger partial charge in [-0.15, -0.1) is 0 Å². The second-order valence-corrected chi connectivity index (χ2v) is 8.09. The number of sulfonamides is 1. The molecule has 3 N–H and O–H groups in total. The molecule has 0 bridgehead atoms. The predicted octanol–water partition coefficient (Wildman–Crippen LogP) is 0.432. The Hall–Kier alpha value is -1.20. The fourth-order valence-corrected chi connectivity index (χ4v) is 3.01. The lowest BCUT2D eigenvalue weighted by atomic mass is 10.2. The van der Waals surface area contributed by atoms with Crippen LogP contribution >= 0.6 is 0 Å². The topological polar surface area (TPSA) is 89.3 Å². The van der Waals surface area contributed by atoms with Gasteiger partial charge >= 0.3 is 0 Å². The van der Waals surface area contributed by atoms with Crippen molar-refractivity contribution in [2.24, 2.45) is 5.73 Å². The number of hydrogen-bond donors (Lipinski definition) is 2. The number of nitrogens with two attached hydrogens (primary N) is 1. The van der Waals surface area contributed by atoms with Crippen LogP contribution in [0.3, 0.4) is 0 Å². The molecule has 0 aliphatic heterocycles. The number of rotatable bonds is 6. The van der Waals surface area contributed by atoms with Crippen LogP contribution in [0.4, 0.5) is 0 Å². The minimum Gasteiger partial charge on any atom is -0.320 e. The van der Waals surface area contributed by atoms with Gasteiger partial charge in [0.1, 0.15) is 0 Å². The summed E-state index contributed by atoms with van der Waals surface area (Å²) in [7, 11) is -4.49. The van der Waals surface area contributed by atoms with Gasteiger partial charge in [-0.1, -0.05) is 18.8 Å². The molecule has 7 heteroatoms. The second kappa shape index (κ2) is 8.29. The van der Waals surface area contributed by atoms with E-state index in [1.54, 1.807) is 18.4 Å². The Kier molecular flexibility index (Phi) is 7.05. The van der Waals surface area contributed by atoms with Crippen LogP contribution < -0.4 is 10.5 Å². The fraction of sp³-hybridized carbons (Fsp3) is 0.429. The zero-order valence-electron chi connectivity index (χ0n) is 12.1. The Labute approximate surface area is 128 Å². The van der Waals surface area contributed by atoms with E-state index in [2.05, 4.69) is 16.6 Å². The van der Waals surface area contributed by atoms with Gasteiger partial charge in [0.25, 0.3) is 0 Å². The molecule has 5 nitrogen and oxygen atoms in total. The summed E-state index contributed by atoms with van der Waals surface area (Å²) in [6, 6.07) is 6.29. The SMILES string of the molecule is CC(CCNS(=O)(=O)c1ccc(C#CCN)cc1)S(C)=O. The van der Waals surface area contributed by atoms with Gasteiger partial charge in [0.05, 0.1) is 11.4 Å². The summed E-state index contributed by atoms with van der Waals surface area (Å²) in [5.41, 5.74) is 5.99. The maximum Gasteiger partial charge on any atom is 0.240 e. The Morgan fingerprint density at radius 2 is 1.95 bits per heavy atom. The molecule has 0 amide bonds. The van der Waals surface area contributed by atoms with E-state index in [1.807, 2.05) is 6.92 Å². The summed E-state index contributed by atoms with van der Waals surface area (Å²) < 4.78 is 37.8. The maximum atomic E-state index is 12.1. The summed E-state index contributed by atoms with van der Waals surface area (Å²) in [4.78, 5) is 0.186. The molecular formula is C14H20N2O3S2. The smallest absolute Gasteiger partial charge is 0.240 e. The zero-order chi connectivity index (χ0) is 15.9. The van der Waals surface area contributed by atoms with E-state index in [0.717, 1.165) is 5.56 Å². The molecule has 1 rings (SSSR count). The highest BCUT2D eigenvalue weighted by molar-refractivity contribution is 7.89. The van der Waals surface area contributed by atoms with Crippen molar-refractivity contribution in [2.75, 3.05) is 19.3 Å². The molecule has 0 saturated heterocycles. The van der Waals surface area contributed by atoms with Crippen molar-refractivity contribution in [2.45, 2.75) is 23.5 Å². The van der Waals surface area contributed by atoms with Crippen LogP contribution in [-0.4, -0.2) is 37.2 Å². The molecular weight excluding hydrogens is 308 g/mol. The van der Waals surface area contributed by atoms with Crippen LogP contribution in [0.15, 0.2) is 29.2 Å². The number of nitrogens with one attached hydrogen (secondary N) is 1. The molecule has 2 unspecified atom stereocenters. The van der Waals surface area contributed by atoms with Crippen molar-refractivity contribution in [1.29, 1.82) is 0 Å². The molecule has 21 heavy (non-hydrogen) atoms. The highest BCUT2D eigenvalue weighted by atomic mass is 32.2. The minimum atomic E-state index is -3.54. The Morgan fingerprint density at radius 3 is 2.48 bits per heavy atom. The van der Waals surface area contributed by atoms with Crippen molar-refractivity contribution in [1.82, 2.24) is 4.72 Å². The average Bonchev–Trinajstić information content (AvgIpc) is 2.45. The van der Waals surface area contributed by atoms with E-state index in [0.29, 0.717) is 6.42 Å². The van der Waals surface area contributed by atoms with E-state index < -0.39 is 20.8 Å². The predicted molar refractivity (Wildman–Crippen MR) is 85.7 cm³/mol. The van der Waals surface area contributed by atoms with E-state index in [1.165, 1.54) is 12.1 Å². The van der Waals surface area contributed by atoms with Crippen molar-refractivity contribution >= 4 is 20.8 Å². The lowest BCUT2D eigenvalue weighted by molar-refractivity contribution is 0.578. The summed E-state index contributed by atoms with van der Waals surface area (Å²) in [5, 5.41) is -0.0402. The normalized spacial score (nSPS) is 14.0. The highest BCUT2D eigenvalue weighted by Gasteiger charge is 2.14. The zero-order valence-corrected chi connectivity index (χ0v) is 13.8. The Morgan fingerprint density at radius 1 is 1.33 bits per heavy atom. The second-order valence-electron chi connectivity index (χ2n) is 4.53. The molecule has 0 fully saturated rings. The first-order valence-corrected chi connectivity index (χ1v) is 9.58. The van der Waals surface area contributed by atoms with Crippen molar-refractivity contribution in [3.05, 3.63) is 29.8 Å². The molecule has 0 aromatic heterocycles. The first-order chi connectivity index (χ1) is 9.86. The summed E-state index contributed by atoms with van der Waals surface area (Å²) in [5.74, 6) is 5.53. The van der Waals surface area contributed by atoms with Crippen LogP contribution in [0.25, 0.3) is 0 Å².